The first-order chi connectivity index (χ1) is 16.5. The SMILES string of the molecule is COc1cc(NC(=O)C2CCCCC2)c(C(=O)OCc2nc3ccccc3nc2C)cc1OC. The molecule has 0 unspecified atom stereocenters. The van der Waals surface area contributed by atoms with Gasteiger partial charge in [-0.05, 0) is 31.9 Å². The number of carbonyl (C=O) groups is 2. The largest absolute Gasteiger partial charge is 0.493 e. The molecule has 0 saturated heterocycles. The Kier molecular flexibility index (Phi) is 7.25. The van der Waals surface area contributed by atoms with Crippen LogP contribution in [0.15, 0.2) is 36.4 Å². The molecule has 0 bridgehead atoms. The van der Waals surface area contributed by atoms with E-state index in [4.69, 9.17) is 14.2 Å². The monoisotopic (exact) mass is 463 g/mol. The fourth-order valence-electron chi connectivity index (χ4n) is 4.22. The minimum atomic E-state index is -0.603. The van der Waals surface area contributed by atoms with Crippen molar-refractivity contribution in [2.24, 2.45) is 5.92 Å². The molecule has 4 rings (SSSR count). The van der Waals surface area contributed by atoms with Crippen molar-refractivity contribution in [2.45, 2.75) is 45.6 Å². The maximum Gasteiger partial charge on any atom is 0.340 e. The van der Waals surface area contributed by atoms with Gasteiger partial charge in [-0.3, -0.25) is 4.79 Å². The fraction of sp³-hybridized carbons (Fsp3) is 0.385. The van der Waals surface area contributed by atoms with Crippen molar-refractivity contribution in [3.05, 3.63) is 53.3 Å². The van der Waals surface area contributed by atoms with Crippen LogP contribution < -0.4 is 14.8 Å². The number of methoxy groups -OCH3 is 2. The van der Waals surface area contributed by atoms with E-state index in [1.165, 1.54) is 20.3 Å². The van der Waals surface area contributed by atoms with E-state index in [0.29, 0.717) is 28.6 Å². The third kappa shape index (κ3) is 5.11. The lowest BCUT2D eigenvalue weighted by atomic mass is 9.88. The average Bonchev–Trinajstić information content (AvgIpc) is 2.87. The number of aromatic nitrogens is 2. The third-order valence-electron chi connectivity index (χ3n) is 6.16. The van der Waals surface area contributed by atoms with E-state index >= 15 is 0 Å². The van der Waals surface area contributed by atoms with Crippen molar-refractivity contribution in [3.8, 4) is 11.5 Å². The van der Waals surface area contributed by atoms with Gasteiger partial charge in [-0.25, -0.2) is 14.8 Å². The molecule has 1 aromatic heterocycles. The number of ether oxygens (including phenoxy) is 3. The lowest BCUT2D eigenvalue weighted by molar-refractivity contribution is -0.120. The maximum atomic E-state index is 13.1. The predicted octanol–water partition coefficient (Wildman–Crippen LogP) is 4.83. The van der Waals surface area contributed by atoms with Gasteiger partial charge in [0.25, 0.3) is 0 Å². The summed E-state index contributed by atoms with van der Waals surface area (Å²) in [5.74, 6) is 0.00809. The van der Waals surface area contributed by atoms with E-state index in [1.54, 1.807) is 6.07 Å². The molecule has 1 aliphatic rings. The molecule has 1 heterocycles. The summed E-state index contributed by atoms with van der Waals surface area (Å²) in [6.45, 7) is 1.78. The minimum Gasteiger partial charge on any atom is -0.493 e. The first-order valence-corrected chi connectivity index (χ1v) is 11.5. The molecule has 1 amide bonds. The van der Waals surface area contributed by atoms with Gasteiger partial charge in [-0.1, -0.05) is 31.4 Å². The molecule has 0 atom stereocenters. The Morgan fingerprint density at radius 3 is 2.29 bits per heavy atom. The molecule has 0 aliphatic heterocycles. The molecule has 0 radical (unpaired) electrons. The highest BCUT2D eigenvalue weighted by Gasteiger charge is 2.25. The predicted molar refractivity (Wildman–Crippen MR) is 128 cm³/mol. The molecule has 178 valence electrons. The standard InChI is InChI=1S/C26H29N3O5/c1-16-22(28-20-12-8-7-11-19(20)27-16)15-34-26(31)18-13-23(32-2)24(33-3)14-21(18)29-25(30)17-9-5-4-6-10-17/h7-8,11-14,17H,4-6,9-10,15H2,1-3H3,(H,29,30). The minimum absolute atomic E-state index is 0.0488. The topological polar surface area (TPSA) is 99.6 Å². The lowest BCUT2D eigenvalue weighted by Gasteiger charge is -2.22. The molecule has 2 aromatic carbocycles. The zero-order valence-corrected chi connectivity index (χ0v) is 19.7. The number of esters is 1. The van der Waals surface area contributed by atoms with Crippen molar-refractivity contribution < 1.29 is 23.8 Å². The molecular formula is C26H29N3O5. The van der Waals surface area contributed by atoms with Gasteiger partial charge in [0.2, 0.25) is 5.91 Å². The number of para-hydroxylation sites is 2. The second-order valence-electron chi connectivity index (χ2n) is 8.40. The van der Waals surface area contributed by atoms with Crippen LogP contribution in [-0.2, 0) is 16.1 Å². The van der Waals surface area contributed by atoms with E-state index in [1.807, 2.05) is 31.2 Å². The highest BCUT2D eigenvalue weighted by atomic mass is 16.5. The first-order valence-electron chi connectivity index (χ1n) is 11.5. The van der Waals surface area contributed by atoms with Crippen molar-refractivity contribution in [2.75, 3.05) is 19.5 Å². The van der Waals surface area contributed by atoms with Crippen LogP contribution in [0.1, 0.15) is 53.8 Å². The van der Waals surface area contributed by atoms with E-state index in [-0.39, 0.29) is 24.0 Å². The van der Waals surface area contributed by atoms with Crippen LogP contribution in [-0.4, -0.2) is 36.1 Å². The van der Waals surface area contributed by atoms with Crippen molar-refractivity contribution >= 4 is 28.6 Å². The maximum absolute atomic E-state index is 13.1. The first kappa shape index (κ1) is 23.5. The zero-order valence-electron chi connectivity index (χ0n) is 19.7. The quantitative estimate of drug-likeness (QED) is 0.501. The number of benzene rings is 2. The van der Waals surface area contributed by atoms with Crippen LogP contribution in [0.2, 0.25) is 0 Å². The Balaban J connectivity index is 1.58. The summed E-state index contributed by atoms with van der Waals surface area (Å²) in [6, 6.07) is 10.6. The smallest absolute Gasteiger partial charge is 0.340 e. The molecule has 3 aromatic rings. The van der Waals surface area contributed by atoms with Gasteiger partial charge in [-0.15, -0.1) is 0 Å². The Hall–Kier alpha value is -3.68. The van der Waals surface area contributed by atoms with Crippen LogP contribution in [0.3, 0.4) is 0 Å². The number of anilines is 1. The Bertz CT molecular complexity index is 1200. The summed E-state index contributed by atoms with van der Waals surface area (Å²) in [6.07, 6.45) is 4.91. The number of hydrogen-bond acceptors (Lipinski definition) is 7. The summed E-state index contributed by atoms with van der Waals surface area (Å²) in [5.41, 5.74) is 3.28. The van der Waals surface area contributed by atoms with Crippen LogP contribution in [0.25, 0.3) is 11.0 Å². The number of aryl methyl sites for hydroxylation is 1. The molecule has 1 fully saturated rings. The van der Waals surface area contributed by atoms with Gasteiger partial charge < -0.3 is 19.5 Å². The number of fused-ring (bicyclic) bond motifs is 1. The molecule has 8 heteroatoms. The highest BCUT2D eigenvalue weighted by molar-refractivity contribution is 6.02. The van der Waals surface area contributed by atoms with E-state index in [2.05, 4.69) is 15.3 Å². The summed E-state index contributed by atoms with van der Waals surface area (Å²) >= 11 is 0. The number of amides is 1. The molecule has 1 N–H and O–H groups in total. The van der Waals surface area contributed by atoms with E-state index in [0.717, 1.165) is 43.1 Å². The van der Waals surface area contributed by atoms with E-state index < -0.39 is 5.97 Å². The van der Waals surface area contributed by atoms with Crippen molar-refractivity contribution in [1.82, 2.24) is 9.97 Å². The van der Waals surface area contributed by atoms with Gasteiger partial charge in [0.1, 0.15) is 6.61 Å². The molecular weight excluding hydrogens is 434 g/mol. The lowest BCUT2D eigenvalue weighted by Crippen LogP contribution is -2.26. The Morgan fingerprint density at radius 2 is 1.62 bits per heavy atom. The van der Waals surface area contributed by atoms with Gasteiger partial charge >= 0.3 is 5.97 Å². The zero-order chi connectivity index (χ0) is 24.1. The number of carbonyl (C=O) groups excluding carboxylic acids is 2. The second-order valence-corrected chi connectivity index (χ2v) is 8.40. The summed E-state index contributed by atoms with van der Waals surface area (Å²) in [5, 5.41) is 2.92. The van der Waals surface area contributed by atoms with Crippen molar-refractivity contribution in [3.63, 3.8) is 0 Å². The number of rotatable bonds is 7. The molecule has 1 aliphatic carbocycles. The Labute approximate surface area is 198 Å². The average molecular weight is 464 g/mol. The molecule has 34 heavy (non-hydrogen) atoms. The Morgan fingerprint density at radius 1 is 0.971 bits per heavy atom. The van der Waals surface area contributed by atoms with Crippen LogP contribution in [0.4, 0.5) is 5.69 Å². The summed E-state index contributed by atoms with van der Waals surface area (Å²) in [7, 11) is 2.99. The molecule has 1 saturated carbocycles. The molecule has 0 spiro atoms. The number of hydrogen-bond donors (Lipinski definition) is 1. The summed E-state index contributed by atoms with van der Waals surface area (Å²) < 4.78 is 16.3. The van der Waals surface area contributed by atoms with Crippen LogP contribution >= 0.6 is 0 Å². The van der Waals surface area contributed by atoms with Gasteiger partial charge in [0, 0.05) is 18.1 Å². The summed E-state index contributed by atoms with van der Waals surface area (Å²) in [4.78, 5) is 35.1. The fourth-order valence-corrected chi connectivity index (χ4v) is 4.22. The van der Waals surface area contributed by atoms with Crippen LogP contribution in [0.5, 0.6) is 11.5 Å². The number of nitrogens with one attached hydrogen (secondary N) is 1. The van der Waals surface area contributed by atoms with E-state index in [9.17, 15) is 9.59 Å². The highest BCUT2D eigenvalue weighted by Crippen LogP contribution is 2.35. The second kappa shape index (κ2) is 10.5. The molecule has 8 nitrogen and oxygen atoms in total. The van der Waals surface area contributed by atoms with Crippen molar-refractivity contribution in [1.29, 1.82) is 0 Å². The van der Waals surface area contributed by atoms with Gasteiger partial charge in [0.05, 0.1) is 47.9 Å². The third-order valence-corrected chi connectivity index (χ3v) is 6.16. The number of nitrogens with zero attached hydrogens (tertiary/aromatic N) is 2. The van der Waals surface area contributed by atoms with Gasteiger partial charge in [0.15, 0.2) is 11.5 Å². The van der Waals surface area contributed by atoms with Gasteiger partial charge in [-0.2, -0.15) is 0 Å². The normalized spacial score (nSPS) is 14.0. The van der Waals surface area contributed by atoms with Crippen LogP contribution in [0, 0.1) is 12.8 Å².